The molecule has 0 unspecified atom stereocenters. The van der Waals surface area contributed by atoms with Gasteiger partial charge < -0.3 is 5.32 Å². The highest BCUT2D eigenvalue weighted by Gasteiger charge is 2.06. The zero-order valence-corrected chi connectivity index (χ0v) is 11.3. The summed E-state index contributed by atoms with van der Waals surface area (Å²) >= 11 is 3.77. The van der Waals surface area contributed by atoms with E-state index in [1.54, 1.807) is 23.7 Å². The normalized spacial score (nSPS) is 10.1. The average Bonchev–Trinajstić information content (AvgIpc) is 2.74. The third-order valence-electron chi connectivity index (χ3n) is 2.03. The van der Waals surface area contributed by atoms with E-state index >= 15 is 0 Å². The average molecular weight is 344 g/mol. The first-order valence-electron chi connectivity index (χ1n) is 4.67. The number of hydrogen-bond acceptors (Lipinski definition) is 3. The van der Waals surface area contributed by atoms with E-state index in [-0.39, 0.29) is 5.91 Å². The van der Waals surface area contributed by atoms with Crippen LogP contribution in [0.4, 0.5) is 0 Å². The summed E-state index contributed by atoms with van der Waals surface area (Å²) in [5.74, 6) is -0.0315. The second-order valence-corrected chi connectivity index (χ2v) is 5.98. The van der Waals surface area contributed by atoms with Gasteiger partial charge in [-0.15, -0.1) is 11.3 Å². The van der Waals surface area contributed by atoms with E-state index in [0.29, 0.717) is 6.54 Å². The molecule has 0 fully saturated rings. The highest BCUT2D eigenvalue weighted by atomic mass is 127. The van der Waals surface area contributed by atoms with Crippen molar-refractivity contribution >= 4 is 39.8 Å². The number of carbonyl (C=O) groups is 1. The minimum Gasteiger partial charge on any atom is -0.348 e. The van der Waals surface area contributed by atoms with Gasteiger partial charge in [-0.25, -0.2) is 0 Å². The zero-order valence-electron chi connectivity index (χ0n) is 8.31. The molecule has 82 valence electrons. The Morgan fingerprint density at radius 1 is 1.44 bits per heavy atom. The minimum absolute atomic E-state index is 0.0315. The van der Waals surface area contributed by atoms with E-state index in [0.717, 1.165) is 14.0 Å². The third kappa shape index (κ3) is 3.02. The van der Waals surface area contributed by atoms with E-state index in [2.05, 4.69) is 32.9 Å². The summed E-state index contributed by atoms with van der Waals surface area (Å²) in [6.45, 7) is 0.535. The van der Waals surface area contributed by atoms with Crippen LogP contribution >= 0.6 is 33.9 Å². The lowest BCUT2D eigenvalue weighted by atomic mass is 10.2. The maximum atomic E-state index is 11.7. The SMILES string of the molecule is O=C(NCc1ccncc1)c1csc(I)c1. The van der Waals surface area contributed by atoms with Gasteiger partial charge in [0.05, 0.1) is 8.45 Å². The predicted octanol–water partition coefficient (Wildman–Crippen LogP) is 2.68. The number of nitrogens with one attached hydrogen (secondary N) is 1. The van der Waals surface area contributed by atoms with Crippen molar-refractivity contribution in [2.24, 2.45) is 0 Å². The summed E-state index contributed by atoms with van der Waals surface area (Å²) in [5.41, 5.74) is 1.77. The van der Waals surface area contributed by atoms with Crippen LogP contribution in [-0.2, 0) is 6.54 Å². The van der Waals surface area contributed by atoms with Crippen molar-refractivity contribution in [1.29, 1.82) is 0 Å². The predicted molar refractivity (Wildman–Crippen MR) is 72.4 cm³/mol. The molecule has 1 amide bonds. The van der Waals surface area contributed by atoms with Crippen LogP contribution in [0.5, 0.6) is 0 Å². The molecule has 2 aromatic heterocycles. The summed E-state index contributed by atoms with van der Waals surface area (Å²) < 4.78 is 1.12. The number of carbonyl (C=O) groups excluding carboxylic acids is 1. The van der Waals surface area contributed by atoms with Crippen molar-refractivity contribution < 1.29 is 4.79 Å². The standard InChI is InChI=1S/C11H9IN2OS/c12-10-5-9(7-16-10)11(15)14-6-8-1-3-13-4-2-8/h1-5,7H,6H2,(H,14,15). The molecule has 0 saturated heterocycles. The monoisotopic (exact) mass is 344 g/mol. The van der Waals surface area contributed by atoms with Crippen LogP contribution in [0.25, 0.3) is 0 Å². The summed E-state index contributed by atoms with van der Waals surface area (Å²) in [5, 5.41) is 4.73. The van der Waals surface area contributed by atoms with Crippen LogP contribution in [0.3, 0.4) is 0 Å². The first-order chi connectivity index (χ1) is 7.75. The van der Waals surface area contributed by atoms with E-state index in [1.807, 2.05) is 23.6 Å². The van der Waals surface area contributed by atoms with Gasteiger partial charge in [0.25, 0.3) is 5.91 Å². The summed E-state index contributed by atoms with van der Waals surface area (Å²) in [7, 11) is 0. The molecule has 0 spiro atoms. The minimum atomic E-state index is -0.0315. The maximum absolute atomic E-state index is 11.7. The fourth-order valence-corrected chi connectivity index (χ4v) is 2.54. The molecular formula is C11H9IN2OS. The van der Waals surface area contributed by atoms with Gasteiger partial charge in [0, 0.05) is 24.3 Å². The van der Waals surface area contributed by atoms with Crippen molar-refractivity contribution in [3.05, 3.63) is 50.0 Å². The van der Waals surface area contributed by atoms with E-state index in [1.165, 1.54) is 0 Å². The number of thiophene rings is 1. The first-order valence-corrected chi connectivity index (χ1v) is 6.62. The zero-order chi connectivity index (χ0) is 11.4. The van der Waals surface area contributed by atoms with Crippen LogP contribution < -0.4 is 5.32 Å². The van der Waals surface area contributed by atoms with E-state index in [9.17, 15) is 4.79 Å². The molecule has 0 bridgehead atoms. The molecule has 3 nitrogen and oxygen atoms in total. The molecule has 2 heterocycles. The van der Waals surface area contributed by atoms with E-state index < -0.39 is 0 Å². The third-order valence-corrected chi connectivity index (χ3v) is 3.82. The number of hydrogen-bond donors (Lipinski definition) is 1. The van der Waals surface area contributed by atoms with Crippen LogP contribution in [0.2, 0.25) is 0 Å². The molecule has 0 radical (unpaired) electrons. The summed E-state index contributed by atoms with van der Waals surface area (Å²) in [6, 6.07) is 5.66. The van der Waals surface area contributed by atoms with Crippen LogP contribution in [-0.4, -0.2) is 10.9 Å². The van der Waals surface area contributed by atoms with Crippen LogP contribution in [0.1, 0.15) is 15.9 Å². The molecule has 2 rings (SSSR count). The molecule has 0 atom stereocenters. The fraction of sp³-hybridized carbons (Fsp3) is 0.0909. The second kappa shape index (κ2) is 5.40. The lowest BCUT2D eigenvalue weighted by Gasteiger charge is -2.02. The van der Waals surface area contributed by atoms with Crippen molar-refractivity contribution in [2.45, 2.75) is 6.54 Å². The van der Waals surface area contributed by atoms with Gasteiger partial charge in [-0.1, -0.05) is 0 Å². The Hall–Kier alpha value is -0.950. The van der Waals surface area contributed by atoms with Gasteiger partial charge in [0.2, 0.25) is 0 Å². The molecule has 0 saturated carbocycles. The van der Waals surface area contributed by atoms with Gasteiger partial charge in [-0.2, -0.15) is 0 Å². The Bertz CT molecular complexity index is 484. The van der Waals surface area contributed by atoms with Gasteiger partial charge in [-0.05, 0) is 46.4 Å². The number of nitrogens with zero attached hydrogens (tertiary/aromatic N) is 1. The molecule has 0 aliphatic rings. The van der Waals surface area contributed by atoms with Crippen LogP contribution in [0.15, 0.2) is 36.0 Å². The molecule has 16 heavy (non-hydrogen) atoms. The first kappa shape index (κ1) is 11.5. The van der Waals surface area contributed by atoms with Gasteiger partial charge in [0.15, 0.2) is 0 Å². The lowest BCUT2D eigenvalue weighted by molar-refractivity contribution is 0.0951. The molecule has 0 aliphatic carbocycles. The Morgan fingerprint density at radius 3 is 2.81 bits per heavy atom. The van der Waals surface area contributed by atoms with Crippen molar-refractivity contribution in [3.8, 4) is 0 Å². The molecule has 1 N–H and O–H groups in total. The fourth-order valence-electron chi connectivity index (χ4n) is 1.21. The highest BCUT2D eigenvalue weighted by molar-refractivity contribution is 14.1. The maximum Gasteiger partial charge on any atom is 0.252 e. The molecule has 2 aromatic rings. The van der Waals surface area contributed by atoms with E-state index in [4.69, 9.17) is 0 Å². The molecule has 5 heteroatoms. The van der Waals surface area contributed by atoms with Crippen molar-refractivity contribution in [2.75, 3.05) is 0 Å². The number of halogens is 1. The molecule has 0 aromatic carbocycles. The quantitative estimate of drug-likeness (QED) is 0.870. The number of aromatic nitrogens is 1. The highest BCUT2D eigenvalue weighted by Crippen LogP contribution is 2.16. The van der Waals surface area contributed by atoms with Crippen molar-refractivity contribution in [1.82, 2.24) is 10.3 Å². The number of amides is 1. The smallest absolute Gasteiger partial charge is 0.252 e. The lowest BCUT2D eigenvalue weighted by Crippen LogP contribution is -2.22. The summed E-state index contributed by atoms with van der Waals surface area (Å²) in [4.78, 5) is 15.6. The number of pyridine rings is 1. The Kier molecular flexibility index (Phi) is 3.89. The van der Waals surface area contributed by atoms with Crippen molar-refractivity contribution in [3.63, 3.8) is 0 Å². The molecular weight excluding hydrogens is 335 g/mol. The van der Waals surface area contributed by atoms with Gasteiger partial charge in [-0.3, -0.25) is 9.78 Å². The topological polar surface area (TPSA) is 42.0 Å². The largest absolute Gasteiger partial charge is 0.348 e. The summed E-state index contributed by atoms with van der Waals surface area (Å²) in [6.07, 6.45) is 3.43. The Labute approximate surface area is 111 Å². The van der Waals surface area contributed by atoms with Crippen LogP contribution in [0, 0.1) is 2.88 Å². The molecule has 0 aliphatic heterocycles. The van der Waals surface area contributed by atoms with Gasteiger partial charge >= 0.3 is 0 Å². The Balaban J connectivity index is 1.94. The second-order valence-electron chi connectivity index (χ2n) is 3.18. The van der Waals surface area contributed by atoms with Gasteiger partial charge in [0.1, 0.15) is 0 Å². The number of rotatable bonds is 3. The Morgan fingerprint density at radius 2 is 2.19 bits per heavy atom.